The predicted molar refractivity (Wildman–Crippen MR) is 196 cm³/mol. The van der Waals surface area contributed by atoms with Crippen LogP contribution in [0.25, 0.3) is 16.8 Å². The van der Waals surface area contributed by atoms with Gasteiger partial charge in [0.2, 0.25) is 21.8 Å². The smallest absolute Gasteiger partial charge is 0.306 e. The van der Waals surface area contributed by atoms with E-state index in [2.05, 4.69) is 11.3 Å². The molecule has 5 atom stereocenters. The van der Waals surface area contributed by atoms with Gasteiger partial charge in [-0.15, -0.1) is 6.58 Å². The van der Waals surface area contributed by atoms with Gasteiger partial charge in [-0.05, 0) is 73.1 Å². The summed E-state index contributed by atoms with van der Waals surface area (Å²) < 4.78 is 39.9. The lowest BCUT2D eigenvalue weighted by Gasteiger charge is -2.29. The van der Waals surface area contributed by atoms with E-state index in [0.29, 0.717) is 31.4 Å². The van der Waals surface area contributed by atoms with Crippen molar-refractivity contribution in [3.8, 4) is 5.75 Å². The molecule has 4 aliphatic rings. The van der Waals surface area contributed by atoms with Gasteiger partial charge in [0.25, 0.3) is 0 Å². The second kappa shape index (κ2) is 14.7. The van der Waals surface area contributed by atoms with Crippen LogP contribution in [0.1, 0.15) is 62.5 Å². The fourth-order valence-corrected chi connectivity index (χ4v) is 9.02. The molecule has 10 nitrogen and oxygen atoms in total. The lowest BCUT2D eigenvalue weighted by atomic mass is 9.90. The van der Waals surface area contributed by atoms with E-state index in [0.717, 1.165) is 21.9 Å². The number of Topliss-reactive ketones (excluding diaryl/α,β-unsaturated/α-hetero) is 1. The molecule has 4 bridgehead atoms. The normalized spacial score (nSPS) is 27.2. The Morgan fingerprint density at radius 2 is 1.85 bits per heavy atom. The summed E-state index contributed by atoms with van der Waals surface area (Å²) in [6.07, 6.45) is 7.68. The van der Waals surface area contributed by atoms with E-state index in [1.54, 1.807) is 6.08 Å². The minimum Gasteiger partial charge on any atom is -0.488 e. The van der Waals surface area contributed by atoms with Crippen LogP contribution in [0.5, 0.6) is 5.75 Å². The number of nitrogens with one attached hydrogen (secondary N) is 1. The highest BCUT2D eigenvalue weighted by Gasteiger charge is 2.61. The van der Waals surface area contributed by atoms with Crippen molar-refractivity contribution in [1.29, 1.82) is 0 Å². The number of benzene rings is 3. The molecule has 0 aromatic heterocycles. The summed E-state index contributed by atoms with van der Waals surface area (Å²) in [7, 11) is -3.84. The maximum Gasteiger partial charge on any atom is 0.306 e. The summed E-state index contributed by atoms with van der Waals surface area (Å²) in [5.41, 5.74) is 0.574. The second-order valence-electron chi connectivity index (χ2n) is 14.6. The lowest BCUT2D eigenvalue weighted by molar-refractivity contribution is -0.150. The molecule has 2 aliphatic carbocycles. The number of rotatable bonds is 9. The summed E-state index contributed by atoms with van der Waals surface area (Å²) in [6, 6.07) is 20.3. The number of nitrogens with zero attached hydrogens (tertiary/aromatic N) is 1. The fraction of sp³-hybridized carbons (Fsp3) is 0.415. The number of hydrogen-bond acceptors (Lipinski definition) is 8. The molecule has 0 radical (unpaired) electrons. The average Bonchev–Trinajstić information content (AvgIpc) is 4.06. The number of hydrogen-bond donors (Lipinski definition) is 1. The molecule has 3 aromatic carbocycles. The number of fused-ring (bicyclic) bond motifs is 3. The Morgan fingerprint density at radius 3 is 2.60 bits per heavy atom. The highest BCUT2D eigenvalue weighted by Crippen LogP contribution is 2.57. The van der Waals surface area contributed by atoms with Crippen LogP contribution in [0.3, 0.4) is 0 Å². The average molecular weight is 725 g/mol. The molecule has 3 fully saturated rings. The van der Waals surface area contributed by atoms with Gasteiger partial charge < -0.3 is 14.4 Å². The van der Waals surface area contributed by atoms with Crippen molar-refractivity contribution in [2.24, 2.45) is 17.3 Å². The van der Waals surface area contributed by atoms with Crippen molar-refractivity contribution in [2.75, 3.05) is 13.2 Å². The number of ketones is 1. The summed E-state index contributed by atoms with van der Waals surface area (Å²) in [5, 5.41) is 1.28. The van der Waals surface area contributed by atoms with Crippen molar-refractivity contribution in [3.63, 3.8) is 0 Å². The largest absolute Gasteiger partial charge is 0.488 e. The third-order valence-electron chi connectivity index (χ3n) is 10.8. The van der Waals surface area contributed by atoms with Crippen molar-refractivity contribution >= 4 is 50.4 Å². The molecule has 2 saturated carbocycles. The van der Waals surface area contributed by atoms with Crippen molar-refractivity contribution in [2.45, 2.75) is 75.2 Å². The number of esters is 1. The molecule has 2 aliphatic heterocycles. The van der Waals surface area contributed by atoms with Gasteiger partial charge in [-0.3, -0.25) is 23.9 Å². The summed E-state index contributed by atoms with van der Waals surface area (Å²) in [6.45, 7) is 4.13. The molecule has 0 spiro atoms. The third-order valence-corrected chi connectivity index (χ3v) is 12.6. The molecule has 272 valence electrons. The molecule has 2 heterocycles. The zero-order chi connectivity index (χ0) is 36.5. The van der Waals surface area contributed by atoms with Crippen LogP contribution in [-0.4, -0.2) is 67.4 Å². The number of allylic oxidation sites excluding steroid dienone is 2. The van der Waals surface area contributed by atoms with E-state index >= 15 is 0 Å². The minimum absolute atomic E-state index is 0.0890. The molecule has 1 saturated heterocycles. The van der Waals surface area contributed by atoms with E-state index < -0.39 is 50.6 Å². The van der Waals surface area contributed by atoms with Crippen LogP contribution in [0, 0.1) is 17.3 Å². The first kappa shape index (κ1) is 35.6. The van der Waals surface area contributed by atoms with Crippen LogP contribution >= 0.6 is 0 Å². The molecule has 11 heteroatoms. The van der Waals surface area contributed by atoms with Gasteiger partial charge in [-0.2, -0.15) is 0 Å². The Bertz CT molecular complexity index is 2020. The molecule has 2 amide bonds. The summed E-state index contributed by atoms with van der Waals surface area (Å²) in [4.78, 5) is 57.3. The van der Waals surface area contributed by atoms with Gasteiger partial charge in [0.05, 0.1) is 42.2 Å². The van der Waals surface area contributed by atoms with Crippen LogP contribution in [0.15, 0.2) is 85.5 Å². The van der Waals surface area contributed by atoms with Crippen molar-refractivity contribution in [1.82, 2.24) is 9.62 Å². The number of ether oxygens (including phenoxy) is 2. The SMILES string of the molecule is C=C[C@H]1C[C@]1(CC(=O)[C@@H]1C[C@@H]2CN1C(=O)[C@H](Cc1ccccc1)CC(=O)OCCC/C=C/c1ccc3cccc(c3c1)O2)C(=O)NS(=O)(=O)C1CC1. The van der Waals surface area contributed by atoms with Gasteiger partial charge in [0.1, 0.15) is 11.9 Å². The molecular formula is C41H44N2O8S. The number of carbonyl (C=O) groups excluding carboxylic acids is 4. The zero-order valence-corrected chi connectivity index (χ0v) is 29.9. The Kier molecular flexibility index (Phi) is 10.1. The minimum atomic E-state index is -3.84. The van der Waals surface area contributed by atoms with Crippen molar-refractivity contribution < 1.29 is 37.1 Å². The summed E-state index contributed by atoms with van der Waals surface area (Å²) >= 11 is 0. The molecule has 1 N–H and O–H groups in total. The fourth-order valence-electron chi connectivity index (χ4n) is 7.63. The van der Waals surface area contributed by atoms with E-state index in [1.165, 1.54) is 4.90 Å². The summed E-state index contributed by atoms with van der Waals surface area (Å²) in [5.74, 6) is -2.51. The maximum atomic E-state index is 14.6. The number of sulfonamides is 1. The Balaban J connectivity index is 1.22. The highest BCUT2D eigenvalue weighted by atomic mass is 32.2. The zero-order valence-electron chi connectivity index (χ0n) is 29.1. The molecular weight excluding hydrogens is 681 g/mol. The molecule has 0 unspecified atom stereocenters. The topological polar surface area (TPSA) is 136 Å². The predicted octanol–water partition coefficient (Wildman–Crippen LogP) is 5.55. The van der Waals surface area contributed by atoms with Crippen LogP contribution < -0.4 is 9.46 Å². The van der Waals surface area contributed by atoms with Gasteiger partial charge >= 0.3 is 5.97 Å². The Hall–Kier alpha value is -4.77. The number of carbonyl (C=O) groups is 4. The van der Waals surface area contributed by atoms with Gasteiger partial charge in [-0.25, -0.2) is 8.42 Å². The van der Waals surface area contributed by atoms with E-state index in [9.17, 15) is 27.6 Å². The maximum absolute atomic E-state index is 14.6. The molecule has 7 rings (SSSR count). The number of amides is 2. The van der Waals surface area contributed by atoms with E-state index in [-0.39, 0.29) is 62.9 Å². The first-order chi connectivity index (χ1) is 25.1. The van der Waals surface area contributed by atoms with Crippen LogP contribution in [0.2, 0.25) is 0 Å². The van der Waals surface area contributed by atoms with E-state index in [4.69, 9.17) is 9.47 Å². The molecule has 52 heavy (non-hydrogen) atoms. The Labute approximate surface area is 304 Å². The lowest BCUT2D eigenvalue weighted by Crippen LogP contribution is -2.47. The highest BCUT2D eigenvalue weighted by molar-refractivity contribution is 7.90. The third kappa shape index (κ3) is 7.70. The monoisotopic (exact) mass is 724 g/mol. The second-order valence-corrected chi connectivity index (χ2v) is 16.6. The standard InChI is InChI=1S/C41H44N2O8S/c1-2-31-24-41(31,40(47)42-52(48,49)33-17-18-33)25-36(44)35-23-32-26-43(35)39(46)30(20-27-10-5-3-6-11-27)22-38(45)50-19-8-4-7-12-28-15-16-29-13-9-14-37(51-32)34(29)21-28/h2-3,5-7,9-16,21,30-33,35H,1,4,8,17-20,22-26H2,(H,42,47)/b12-7+/t30-,31+,32-,35+,41-/m1/s1. The van der Waals surface area contributed by atoms with Crippen LogP contribution in [0.4, 0.5) is 0 Å². The van der Waals surface area contributed by atoms with Gasteiger partial charge in [-0.1, -0.05) is 72.8 Å². The van der Waals surface area contributed by atoms with Crippen LogP contribution in [-0.2, 0) is 40.4 Å². The first-order valence-corrected chi connectivity index (χ1v) is 19.7. The number of cyclic esters (lactones) is 1. The van der Waals surface area contributed by atoms with Gasteiger partial charge in [0, 0.05) is 18.2 Å². The quantitative estimate of drug-likeness (QED) is 0.224. The van der Waals surface area contributed by atoms with Crippen molar-refractivity contribution in [3.05, 3.63) is 96.6 Å². The molecule has 3 aromatic rings. The van der Waals surface area contributed by atoms with Gasteiger partial charge in [0.15, 0.2) is 5.78 Å². The first-order valence-electron chi connectivity index (χ1n) is 18.1. The Morgan fingerprint density at radius 1 is 1.04 bits per heavy atom. The van der Waals surface area contributed by atoms with E-state index in [1.807, 2.05) is 78.9 Å².